The number of benzene rings is 1. The molecular weight excluding hydrogens is 458 g/mol. The topological polar surface area (TPSA) is 114 Å². The predicted octanol–water partition coefficient (Wildman–Crippen LogP) is 2.69. The van der Waals surface area contributed by atoms with E-state index in [-0.39, 0.29) is 12.3 Å². The van der Waals surface area contributed by atoms with Gasteiger partial charge in [-0.05, 0) is 29.8 Å². The summed E-state index contributed by atoms with van der Waals surface area (Å²) < 4.78 is 10.8. The highest BCUT2D eigenvalue weighted by molar-refractivity contribution is 5.96. The van der Waals surface area contributed by atoms with Crippen molar-refractivity contribution in [2.45, 2.75) is 6.42 Å². The Morgan fingerprint density at radius 2 is 1.94 bits per heavy atom. The smallest absolute Gasteiger partial charge is 0.229 e. The van der Waals surface area contributed by atoms with Gasteiger partial charge in [-0.25, -0.2) is 15.0 Å². The molecule has 1 aromatic carbocycles. The van der Waals surface area contributed by atoms with Crippen LogP contribution in [0.2, 0.25) is 0 Å². The molecule has 10 heteroatoms. The first kappa shape index (κ1) is 23.4. The van der Waals surface area contributed by atoms with Crippen molar-refractivity contribution in [3.8, 4) is 22.9 Å². The molecular formula is C26H27N7O3. The monoisotopic (exact) mass is 485 g/mol. The molecule has 1 fully saturated rings. The van der Waals surface area contributed by atoms with Crippen LogP contribution in [0.25, 0.3) is 22.3 Å². The summed E-state index contributed by atoms with van der Waals surface area (Å²) in [6.07, 6.45) is 5.23. The molecule has 0 saturated carbocycles. The largest absolute Gasteiger partial charge is 0.497 e. The summed E-state index contributed by atoms with van der Waals surface area (Å²) in [4.78, 5) is 33.2. The van der Waals surface area contributed by atoms with E-state index in [2.05, 4.69) is 25.5 Å². The highest BCUT2D eigenvalue weighted by Crippen LogP contribution is 2.34. The Morgan fingerprint density at radius 1 is 1.08 bits per heavy atom. The van der Waals surface area contributed by atoms with Crippen molar-refractivity contribution < 1.29 is 14.3 Å². The number of carbonyl (C=O) groups excluding carboxylic acids is 1. The summed E-state index contributed by atoms with van der Waals surface area (Å²) in [7, 11) is 3.22. The van der Waals surface area contributed by atoms with E-state index < -0.39 is 0 Å². The SMILES string of the molecule is COc1cccc(CC(=O)Nc2cc(-c3nc(N4CCNCC4)c4c(OC)cncc4n3)ccn2)c1. The Hall–Kier alpha value is -4.31. The number of hydrogen-bond donors (Lipinski definition) is 2. The molecule has 184 valence electrons. The van der Waals surface area contributed by atoms with E-state index in [4.69, 9.17) is 19.4 Å². The number of hydrogen-bond acceptors (Lipinski definition) is 9. The lowest BCUT2D eigenvalue weighted by atomic mass is 10.1. The van der Waals surface area contributed by atoms with Crippen LogP contribution in [0, 0.1) is 0 Å². The molecule has 1 amide bonds. The first-order valence-corrected chi connectivity index (χ1v) is 11.7. The summed E-state index contributed by atoms with van der Waals surface area (Å²) in [5.74, 6) is 2.92. The predicted molar refractivity (Wildman–Crippen MR) is 138 cm³/mol. The minimum absolute atomic E-state index is 0.178. The van der Waals surface area contributed by atoms with E-state index in [1.165, 1.54) is 0 Å². The zero-order valence-electron chi connectivity index (χ0n) is 20.2. The minimum atomic E-state index is -0.178. The molecule has 0 aliphatic carbocycles. The Kier molecular flexibility index (Phi) is 6.85. The van der Waals surface area contributed by atoms with Crippen molar-refractivity contribution in [1.82, 2.24) is 25.3 Å². The van der Waals surface area contributed by atoms with Gasteiger partial charge in [0.05, 0.1) is 43.9 Å². The lowest BCUT2D eigenvalue weighted by Gasteiger charge is -2.29. The van der Waals surface area contributed by atoms with Crippen LogP contribution in [0.1, 0.15) is 5.56 Å². The molecule has 3 aromatic heterocycles. The standard InChI is InChI=1S/C26H27N7O3/c1-35-19-5-3-4-17(12-19)13-23(34)31-22-14-18(6-7-29-22)25-30-20-15-28-16-21(36-2)24(20)26(32-25)33-10-8-27-9-11-33/h3-7,12,14-16,27H,8-11,13H2,1-2H3,(H,29,31,34). The van der Waals surface area contributed by atoms with Crippen LogP contribution in [0.3, 0.4) is 0 Å². The number of nitrogens with one attached hydrogen (secondary N) is 2. The number of amides is 1. The van der Waals surface area contributed by atoms with Gasteiger partial charge in [0.1, 0.15) is 23.1 Å². The maximum atomic E-state index is 12.7. The molecule has 1 saturated heterocycles. The van der Waals surface area contributed by atoms with Gasteiger partial charge in [-0.2, -0.15) is 0 Å². The third kappa shape index (κ3) is 5.03. The summed E-state index contributed by atoms with van der Waals surface area (Å²) in [6, 6.07) is 11.0. The Morgan fingerprint density at radius 3 is 2.75 bits per heavy atom. The molecule has 4 aromatic rings. The number of carbonyl (C=O) groups is 1. The lowest BCUT2D eigenvalue weighted by molar-refractivity contribution is -0.115. The molecule has 36 heavy (non-hydrogen) atoms. The van der Waals surface area contributed by atoms with Crippen molar-refractivity contribution in [2.75, 3.05) is 50.6 Å². The number of nitrogens with zero attached hydrogens (tertiary/aromatic N) is 5. The molecule has 1 aliphatic rings. The number of piperazine rings is 1. The van der Waals surface area contributed by atoms with Crippen LogP contribution < -0.4 is 25.0 Å². The van der Waals surface area contributed by atoms with Gasteiger partial charge in [0.15, 0.2) is 5.82 Å². The van der Waals surface area contributed by atoms with E-state index in [1.54, 1.807) is 38.9 Å². The van der Waals surface area contributed by atoms with Crippen molar-refractivity contribution in [1.29, 1.82) is 0 Å². The van der Waals surface area contributed by atoms with Crippen molar-refractivity contribution in [2.24, 2.45) is 0 Å². The number of pyridine rings is 2. The van der Waals surface area contributed by atoms with Crippen LogP contribution in [0.4, 0.5) is 11.6 Å². The second-order valence-electron chi connectivity index (χ2n) is 8.35. The van der Waals surface area contributed by atoms with Gasteiger partial charge < -0.3 is 25.0 Å². The van der Waals surface area contributed by atoms with E-state index in [0.717, 1.165) is 48.5 Å². The number of fused-ring (bicyclic) bond motifs is 1. The normalized spacial score (nSPS) is 13.4. The third-order valence-electron chi connectivity index (χ3n) is 5.97. The van der Waals surface area contributed by atoms with E-state index in [9.17, 15) is 4.79 Å². The van der Waals surface area contributed by atoms with Gasteiger partial charge in [0.2, 0.25) is 5.91 Å². The van der Waals surface area contributed by atoms with Crippen LogP contribution in [0.5, 0.6) is 11.5 Å². The number of rotatable bonds is 7. The van der Waals surface area contributed by atoms with Gasteiger partial charge in [-0.15, -0.1) is 0 Å². The molecule has 0 atom stereocenters. The van der Waals surface area contributed by atoms with E-state index >= 15 is 0 Å². The van der Waals surface area contributed by atoms with E-state index in [1.807, 2.05) is 30.3 Å². The Balaban J connectivity index is 1.45. The second kappa shape index (κ2) is 10.5. The number of anilines is 2. The van der Waals surface area contributed by atoms with Crippen molar-refractivity contribution >= 4 is 28.4 Å². The Bertz CT molecular complexity index is 1390. The summed E-state index contributed by atoms with van der Waals surface area (Å²) >= 11 is 0. The first-order chi connectivity index (χ1) is 17.6. The van der Waals surface area contributed by atoms with Crippen molar-refractivity contribution in [3.05, 3.63) is 60.6 Å². The quantitative estimate of drug-likeness (QED) is 0.408. The van der Waals surface area contributed by atoms with Crippen molar-refractivity contribution in [3.63, 3.8) is 0 Å². The molecule has 0 bridgehead atoms. The molecule has 5 rings (SSSR count). The zero-order chi connectivity index (χ0) is 24.9. The average Bonchev–Trinajstić information content (AvgIpc) is 2.92. The van der Waals surface area contributed by atoms with Gasteiger partial charge >= 0.3 is 0 Å². The number of aromatic nitrogens is 4. The van der Waals surface area contributed by atoms with E-state index in [0.29, 0.717) is 28.7 Å². The Labute approximate surface area is 208 Å². The molecule has 4 heterocycles. The second-order valence-corrected chi connectivity index (χ2v) is 8.35. The fraction of sp³-hybridized carbons (Fsp3) is 0.269. The average molecular weight is 486 g/mol. The summed E-state index contributed by atoms with van der Waals surface area (Å²) in [6.45, 7) is 3.37. The maximum Gasteiger partial charge on any atom is 0.229 e. The van der Waals surface area contributed by atoms with Crippen LogP contribution in [-0.2, 0) is 11.2 Å². The number of methoxy groups -OCH3 is 2. The zero-order valence-corrected chi connectivity index (χ0v) is 20.2. The van der Waals surface area contributed by atoms with Crippen LogP contribution in [0.15, 0.2) is 55.0 Å². The summed E-state index contributed by atoms with van der Waals surface area (Å²) in [5.41, 5.74) is 2.28. The van der Waals surface area contributed by atoms with Gasteiger partial charge in [0.25, 0.3) is 0 Å². The highest BCUT2D eigenvalue weighted by atomic mass is 16.5. The molecule has 1 aliphatic heterocycles. The third-order valence-corrected chi connectivity index (χ3v) is 5.97. The van der Waals surface area contributed by atoms with Gasteiger partial charge in [-0.1, -0.05) is 12.1 Å². The van der Waals surface area contributed by atoms with Crippen LogP contribution in [-0.4, -0.2) is 66.2 Å². The molecule has 0 unspecified atom stereocenters. The lowest BCUT2D eigenvalue weighted by Crippen LogP contribution is -2.44. The van der Waals surface area contributed by atoms with Gasteiger partial charge in [0, 0.05) is 37.9 Å². The minimum Gasteiger partial charge on any atom is -0.497 e. The highest BCUT2D eigenvalue weighted by Gasteiger charge is 2.21. The van der Waals surface area contributed by atoms with Crippen LogP contribution >= 0.6 is 0 Å². The fourth-order valence-corrected chi connectivity index (χ4v) is 4.22. The molecule has 0 radical (unpaired) electrons. The molecule has 10 nitrogen and oxygen atoms in total. The number of ether oxygens (including phenoxy) is 2. The fourth-order valence-electron chi connectivity index (χ4n) is 4.22. The summed E-state index contributed by atoms with van der Waals surface area (Å²) in [5, 5.41) is 7.08. The molecule has 0 spiro atoms. The van der Waals surface area contributed by atoms with Gasteiger partial charge in [-0.3, -0.25) is 9.78 Å². The molecule has 2 N–H and O–H groups in total. The maximum absolute atomic E-state index is 12.7. The first-order valence-electron chi connectivity index (χ1n) is 11.7.